The first kappa shape index (κ1) is 9.96. The van der Waals surface area contributed by atoms with Gasteiger partial charge in [-0.15, -0.1) is 0 Å². The largest absolute Gasteiger partial charge is 0.478 e. The van der Waals surface area contributed by atoms with Crippen molar-refractivity contribution in [1.29, 1.82) is 0 Å². The molecule has 4 nitrogen and oxygen atoms in total. The van der Waals surface area contributed by atoms with E-state index in [0.717, 1.165) is 18.9 Å². The smallest absolute Gasteiger partial charge is 0.339 e. The van der Waals surface area contributed by atoms with Crippen LogP contribution in [-0.2, 0) is 0 Å². The molecule has 4 heteroatoms. The van der Waals surface area contributed by atoms with Gasteiger partial charge in [0.05, 0.1) is 0 Å². The van der Waals surface area contributed by atoms with E-state index in [4.69, 9.17) is 5.11 Å². The fourth-order valence-corrected chi connectivity index (χ4v) is 1.52. The monoisotopic (exact) mass is 206 g/mol. The zero-order valence-corrected chi connectivity index (χ0v) is 8.44. The molecule has 0 saturated heterocycles. The number of aromatic nitrogens is 1. The first-order valence-corrected chi connectivity index (χ1v) is 5.19. The molecule has 0 unspecified atom stereocenters. The Bertz CT molecular complexity index is 361. The van der Waals surface area contributed by atoms with E-state index in [9.17, 15) is 4.79 Å². The number of nitrogens with one attached hydrogen (secondary N) is 1. The van der Waals surface area contributed by atoms with Crippen molar-refractivity contribution in [3.8, 4) is 0 Å². The van der Waals surface area contributed by atoms with E-state index in [1.165, 1.54) is 12.8 Å². The Balaban J connectivity index is 1.95. The van der Waals surface area contributed by atoms with Gasteiger partial charge in [0.15, 0.2) is 0 Å². The minimum atomic E-state index is -0.933. The summed E-state index contributed by atoms with van der Waals surface area (Å²) < 4.78 is 0. The number of hydrogen-bond acceptors (Lipinski definition) is 3. The SMILES string of the molecule is O=C(O)c1cccnc1NCCC1CC1. The summed E-state index contributed by atoms with van der Waals surface area (Å²) in [5.41, 5.74) is 0.244. The molecule has 0 spiro atoms. The molecule has 2 rings (SSSR count). The summed E-state index contributed by atoms with van der Waals surface area (Å²) in [6, 6.07) is 3.20. The third-order valence-corrected chi connectivity index (χ3v) is 2.58. The maximum Gasteiger partial charge on any atom is 0.339 e. The first-order chi connectivity index (χ1) is 7.27. The van der Waals surface area contributed by atoms with Crippen LogP contribution in [0.5, 0.6) is 0 Å². The second kappa shape index (κ2) is 4.29. The Morgan fingerprint density at radius 2 is 2.40 bits per heavy atom. The number of hydrogen-bond donors (Lipinski definition) is 2. The number of rotatable bonds is 5. The van der Waals surface area contributed by atoms with Crippen LogP contribution in [0.1, 0.15) is 29.6 Å². The lowest BCUT2D eigenvalue weighted by Crippen LogP contribution is -2.09. The summed E-state index contributed by atoms with van der Waals surface area (Å²) in [6.07, 6.45) is 5.34. The molecule has 2 N–H and O–H groups in total. The molecule has 0 aromatic carbocycles. The van der Waals surface area contributed by atoms with Crippen LogP contribution in [0.4, 0.5) is 5.82 Å². The van der Waals surface area contributed by atoms with Crippen LogP contribution in [-0.4, -0.2) is 22.6 Å². The van der Waals surface area contributed by atoms with Crippen molar-refractivity contribution in [2.24, 2.45) is 5.92 Å². The van der Waals surface area contributed by atoms with Gasteiger partial charge < -0.3 is 10.4 Å². The lowest BCUT2D eigenvalue weighted by atomic mass is 10.2. The van der Waals surface area contributed by atoms with Crippen LogP contribution in [0.2, 0.25) is 0 Å². The average Bonchev–Trinajstić information content (AvgIpc) is 3.02. The summed E-state index contributed by atoms with van der Waals surface area (Å²) >= 11 is 0. The summed E-state index contributed by atoms with van der Waals surface area (Å²) in [5, 5.41) is 12.0. The van der Waals surface area contributed by atoms with Gasteiger partial charge in [-0.05, 0) is 24.5 Å². The Morgan fingerprint density at radius 1 is 1.60 bits per heavy atom. The van der Waals surface area contributed by atoms with Crippen LogP contribution in [0, 0.1) is 5.92 Å². The van der Waals surface area contributed by atoms with E-state index in [-0.39, 0.29) is 5.56 Å². The van der Waals surface area contributed by atoms with E-state index in [0.29, 0.717) is 5.82 Å². The highest BCUT2D eigenvalue weighted by Gasteiger charge is 2.20. The Labute approximate surface area is 88.3 Å². The van der Waals surface area contributed by atoms with E-state index < -0.39 is 5.97 Å². The molecule has 0 bridgehead atoms. The Hall–Kier alpha value is -1.58. The summed E-state index contributed by atoms with van der Waals surface area (Å²) in [4.78, 5) is 14.9. The molecule has 1 aromatic rings. The van der Waals surface area contributed by atoms with Gasteiger partial charge >= 0.3 is 5.97 Å². The van der Waals surface area contributed by atoms with Gasteiger partial charge in [0.2, 0.25) is 0 Å². The van der Waals surface area contributed by atoms with Gasteiger partial charge in [-0.2, -0.15) is 0 Å². The first-order valence-electron chi connectivity index (χ1n) is 5.19. The third-order valence-electron chi connectivity index (χ3n) is 2.58. The summed E-state index contributed by atoms with van der Waals surface area (Å²) in [5.74, 6) is 0.386. The van der Waals surface area contributed by atoms with E-state index >= 15 is 0 Å². The summed E-state index contributed by atoms with van der Waals surface area (Å²) in [7, 11) is 0. The van der Waals surface area contributed by atoms with Crippen LogP contribution < -0.4 is 5.32 Å². The highest BCUT2D eigenvalue weighted by atomic mass is 16.4. The van der Waals surface area contributed by atoms with Crippen LogP contribution >= 0.6 is 0 Å². The number of carboxylic acids is 1. The predicted molar refractivity (Wildman–Crippen MR) is 57.0 cm³/mol. The molecule has 1 aliphatic carbocycles. The quantitative estimate of drug-likeness (QED) is 0.773. The molecule has 0 atom stereocenters. The van der Waals surface area contributed by atoms with Crippen LogP contribution in [0.3, 0.4) is 0 Å². The second-order valence-electron chi connectivity index (χ2n) is 3.86. The van der Waals surface area contributed by atoms with E-state index in [1.807, 2.05) is 0 Å². The van der Waals surface area contributed by atoms with Gasteiger partial charge in [0.1, 0.15) is 11.4 Å². The molecule has 1 aliphatic rings. The molecule has 1 heterocycles. The van der Waals surface area contributed by atoms with Crippen molar-refractivity contribution < 1.29 is 9.90 Å². The molecule has 0 radical (unpaired) electrons. The van der Waals surface area contributed by atoms with Crippen molar-refractivity contribution in [3.63, 3.8) is 0 Å². The van der Waals surface area contributed by atoms with Gasteiger partial charge in [-0.25, -0.2) is 9.78 Å². The molecule has 80 valence electrons. The lowest BCUT2D eigenvalue weighted by Gasteiger charge is -2.07. The van der Waals surface area contributed by atoms with Crippen molar-refractivity contribution in [1.82, 2.24) is 4.98 Å². The minimum absolute atomic E-state index is 0.244. The topological polar surface area (TPSA) is 62.2 Å². The van der Waals surface area contributed by atoms with Crippen molar-refractivity contribution >= 4 is 11.8 Å². The molecule has 1 fully saturated rings. The standard InChI is InChI=1S/C11H14N2O2/c14-11(15)9-2-1-6-12-10(9)13-7-5-8-3-4-8/h1-2,6,8H,3-5,7H2,(H,12,13)(H,14,15). The zero-order chi connectivity index (χ0) is 10.7. The molecular weight excluding hydrogens is 192 g/mol. The molecule has 1 saturated carbocycles. The van der Waals surface area contributed by atoms with Gasteiger partial charge in [-0.3, -0.25) is 0 Å². The Kier molecular flexibility index (Phi) is 2.85. The zero-order valence-electron chi connectivity index (χ0n) is 8.44. The molecule has 1 aromatic heterocycles. The Morgan fingerprint density at radius 3 is 3.07 bits per heavy atom. The van der Waals surface area contributed by atoms with Crippen molar-refractivity contribution in [2.45, 2.75) is 19.3 Å². The van der Waals surface area contributed by atoms with Crippen molar-refractivity contribution in [2.75, 3.05) is 11.9 Å². The molecular formula is C11H14N2O2. The predicted octanol–water partition coefficient (Wildman–Crippen LogP) is 1.99. The minimum Gasteiger partial charge on any atom is -0.478 e. The van der Waals surface area contributed by atoms with Crippen LogP contribution in [0.15, 0.2) is 18.3 Å². The van der Waals surface area contributed by atoms with Crippen LogP contribution in [0.25, 0.3) is 0 Å². The average molecular weight is 206 g/mol. The van der Waals surface area contributed by atoms with Gasteiger partial charge in [-0.1, -0.05) is 12.8 Å². The van der Waals surface area contributed by atoms with Gasteiger partial charge in [0.25, 0.3) is 0 Å². The fraction of sp³-hybridized carbons (Fsp3) is 0.455. The number of anilines is 1. The normalized spacial score (nSPS) is 14.9. The number of aromatic carboxylic acids is 1. The summed E-state index contributed by atoms with van der Waals surface area (Å²) in [6.45, 7) is 0.807. The number of carbonyl (C=O) groups is 1. The highest BCUT2D eigenvalue weighted by molar-refractivity contribution is 5.92. The maximum atomic E-state index is 10.9. The van der Waals surface area contributed by atoms with E-state index in [1.54, 1.807) is 18.3 Å². The highest BCUT2D eigenvalue weighted by Crippen LogP contribution is 2.32. The molecule has 15 heavy (non-hydrogen) atoms. The van der Waals surface area contributed by atoms with Gasteiger partial charge in [0, 0.05) is 12.7 Å². The maximum absolute atomic E-state index is 10.9. The van der Waals surface area contributed by atoms with Crippen molar-refractivity contribution in [3.05, 3.63) is 23.9 Å². The lowest BCUT2D eigenvalue weighted by molar-refractivity contribution is 0.0697. The number of nitrogens with zero attached hydrogens (tertiary/aromatic N) is 1. The van der Waals surface area contributed by atoms with E-state index in [2.05, 4.69) is 10.3 Å². The second-order valence-corrected chi connectivity index (χ2v) is 3.86. The molecule has 0 amide bonds. The fourth-order valence-electron chi connectivity index (χ4n) is 1.52. The number of pyridine rings is 1. The number of carboxylic acid groups (broad SMARTS) is 1. The molecule has 0 aliphatic heterocycles. The third kappa shape index (κ3) is 2.68.